The molecule has 3 aromatic rings. The molecule has 8 heteroatoms. The fourth-order valence-corrected chi connectivity index (χ4v) is 3.97. The van der Waals surface area contributed by atoms with Crippen LogP contribution in [0.15, 0.2) is 58.3 Å². The van der Waals surface area contributed by atoms with Crippen molar-refractivity contribution in [2.24, 2.45) is 0 Å². The number of nitrogens with one attached hydrogen (secondary N) is 2. The van der Waals surface area contributed by atoms with Gasteiger partial charge in [0.25, 0.3) is 0 Å². The third-order valence-electron chi connectivity index (χ3n) is 3.48. The van der Waals surface area contributed by atoms with Crippen LogP contribution < -0.4 is 10.1 Å². The maximum absolute atomic E-state index is 12.4. The van der Waals surface area contributed by atoms with Crippen molar-refractivity contribution in [2.75, 3.05) is 5.32 Å². The van der Waals surface area contributed by atoms with Crippen LogP contribution in [-0.2, 0) is 17.8 Å². The highest BCUT2D eigenvalue weighted by Crippen LogP contribution is 2.33. The van der Waals surface area contributed by atoms with E-state index < -0.39 is 0 Å². The molecule has 0 saturated heterocycles. The lowest BCUT2D eigenvalue weighted by Gasteiger charge is -2.11. The van der Waals surface area contributed by atoms with Crippen molar-refractivity contribution in [3.63, 3.8) is 0 Å². The SMILES string of the molecule is CCc1nn(CC(=O)Nc2ccccc2Sc2ccc(Cl)cc2)c(=N)s1. The molecule has 2 N–H and O–H groups in total. The van der Waals surface area contributed by atoms with Crippen LogP contribution >= 0.6 is 34.7 Å². The zero-order valence-electron chi connectivity index (χ0n) is 14.0. The Bertz CT molecular complexity index is 966. The van der Waals surface area contributed by atoms with Crippen molar-refractivity contribution in [1.29, 1.82) is 5.41 Å². The van der Waals surface area contributed by atoms with Gasteiger partial charge in [0.1, 0.15) is 11.6 Å². The van der Waals surface area contributed by atoms with E-state index >= 15 is 0 Å². The molecule has 0 fully saturated rings. The summed E-state index contributed by atoms with van der Waals surface area (Å²) in [7, 11) is 0. The molecule has 0 aliphatic carbocycles. The summed E-state index contributed by atoms with van der Waals surface area (Å²) in [4.78, 5) is 14.7. The highest BCUT2D eigenvalue weighted by atomic mass is 35.5. The summed E-state index contributed by atoms with van der Waals surface area (Å²) in [5.41, 5.74) is 0.732. The van der Waals surface area contributed by atoms with E-state index in [9.17, 15) is 4.79 Å². The summed E-state index contributed by atoms with van der Waals surface area (Å²) in [6.07, 6.45) is 0.756. The van der Waals surface area contributed by atoms with Crippen LogP contribution in [0.4, 0.5) is 5.69 Å². The Morgan fingerprint density at radius 2 is 2.00 bits per heavy atom. The van der Waals surface area contributed by atoms with Crippen molar-refractivity contribution in [1.82, 2.24) is 9.78 Å². The molecule has 1 amide bonds. The summed E-state index contributed by atoms with van der Waals surface area (Å²) < 4.78 is 1.42. The van der Waals surface area contributed by atoms with Crippen LogP contribution in [0.1, 0.15) is 11.9 Å². The van der Waals surface area contributed by atoms with E-state index in [0.717, 1.165) is 26.9 Å². The zero-order valence-corrected chi connectivity index (χ0v) is 16.4. The Morgan fingerprint density at radius 3 is 2.69 bits per heavy atom. The Kier molecular flexibility index (Phi) is 6.13. The Balaban J connectivity index is 1.73. The normalized spacial score (nSPS) is 10.7. The van der Waals surface area contributed by atoms with Gasteiger partial charge in [-0.15, -0.1) is 0 Å². The van der Waals surface area contributed by atoms with Gasteiger partial charge in [-0.3, -0.25) is 10.2 Å². The number of rotatable bonds is 6. The van der Waals surface area contributed by atoms with Gasteiger partial charge in [0.2, 0.25) is 10.7 Å². The van der Waals surface area contributed by atoms with Crippen LogP contribution in [-0.4, -0.2) is 15.7 Å². The minimum absolute atomic E-state index is 0.0231. The van der Waals surface area contributed by atoms with Gasteiger partial charge < -0.3 is 5.32 Å². The smallest absolute Gasteiger partial charge is 0.246 e. The molecule has 2 aromatic carbocycles. The molecule has 0 saturated carbocycles. The fourth-order valence-electron chi connectivity index (χ4n) is 2.23. The van der Waals surface area contributed by atoms with Crippen LogP contribution in [0.2, 0.25) is 5.02 Å². The van der Waals surface area contributed by atoms with E-state index in [2.05, 4.69) is 10.4 Å². The molecule has 0 aliphatic heterocycles. The minimum Gasteiger partial charge on any atom is -0.323 e. The van der Waals surface area contributed by atoms with Gasteiger partial charge in [-0.05, 0) is 42.8 Å². The number of hydrogen-bond acceptors (Lipinski definition) is 5. The second-order valence-electron chi connectivity index (χ2n) is 5.41. The Hall–Kier alpha value is -2.09. The maximum Gasteiger partial charge on any atom is 0.246 e. The molecule has 0 atom stereocenters. The van der Waals surface area contributed by atoms with E-state index in [1.54, 1.807) is 11.8 Å². The number of amides is 1. The van der Waals surface area contributed by atoms with E-state index in [1.165, 1.54) is 16.0 Å². The van der Waals surface area contributed by atoms with Crippen molar-refractivity contribution in [3.05, 3.63) is 63.4 Å². The molecule has 0 aliphatic rings. The standard InChI is InChI=1S/C18H17ClN4OS2/c1-2-17-22-23(18(20)26-17)11-16(24)21-14-5-3-4-6-15(14)25-13-9-7-12(19)8-10-13/h3-10,20H,2,11H2,1H3,(H,21,24). The van der Waals surface area contributed by atoms with Gasteiger partial charge in [-0.1, -0.05) is 53.8 Å². The summed E-state index contributed by atoms with van der Waals surface area (Å²) in [5, 5.41) is 16.6. The summed E-state index contributed by atoms with van der Waals surface area (Å²) in [5.74, 6) is -0.208. The summed E-state index contributed by atoms with van der Waals surface area (Å²) in [6, 6.07) is 15.2. The van der Waals surface area contributed by atoms with E-state index in [4.69, 9.17) is 17.0 Å². The third kappa shape index (κ3) is 4.75. The predicted molar refractivity (Wildman–Crippen MR) is 106 cm³/mol. The van der Waals surface area contributed by atoms with E-state index in [-0.39, 0.29) is 17.3 Å². The average molecular weight is 405 g/mol. The van der Waals surface area contributed by atoms with E-state index in [1.807, 2.05) is 55.5 Å². The predicted octanol–water partition coefficient (Wildman–Crippen LogP) is 4.43. The fraction of sp³-hybridized carbons (Fsp3) is 0.167. The molecule has 3 rings (SSSR count). The first-order chi connectivity index (χ1) is 12.5. The Labute approximate surface area is 164 Å². The van der Waals surface area contributed by atoms with Crippen molar-refractivity contribution < 1.29 is 4.79 Å². The molecule has 1 aromatic heterocycles. The van der Waals surface area contributed by atoms with Crippen LogP contribution in [0.3, 0.4) is 0 Å². The molecule has 26 heavy (non-hydrogen) atoms. The van der Waals surface area contributed by atoms with Crippen molar-refractivity contribution in [2.45, 2.75) is 29.7 Å². The number of carbonyl (C=O) groups excluding carboxylic acids is 1. The zero-order chi connectivity index (χ0) is 18.5. The van der Waals surface area contributed by atoms with Crippen LogP contribution in [0, 0.1) is 5.41 Å². The van der Waals surface area contributed by atoms with Crippen molar-refractivity contribution in [3.8, 4) is 0 Å². The van der Waals surface area contributed by atoms with Gasteiger partial charge >= 0.3 is 0 Å². The van der Waals surface area contributed by atoms with E-state index in [0.29, 0.717) is 5.02 Å². The average Bonchev–Trinajstić information content (AvgIpc) is 2.98. The molecule has 0 spiro atoms. The minimum atomic E-state index is -0.208. The molecule has 0 radical (unpaired) electrons. The molecule has 0 bridgehead atoms. The van der Waals surface area contributed by atoms with Crippen molar-refractivity contribution >= 4 is 46.3 Å². The lowest BCUT2D eigenvalue weighted by atomic mass is 10.3. The monoisotopic (exact) mass is 404 g/mol. The lowest BCUT2D eigenvalue weighted by molar-refractivity contribution is -0.117. The highest BCUT2D eigenvalue weighted by Gasteiger charge is 2.11. The molecular formula is C18H17ClN4OS2. The molecule has 0 unspecified atom stereocenters. The Morgan fingerprint density at radius 1 is 1.27 bits per heavy atom. The topological polar surface area (TPSA) is 70.8 Å². The lowest BCUT2D eigenvalue weighted by Crippen LogP contribution is -2.25. The third-order valence-corrected chi connectivity index (χ3v) is 5.83. The maximum atomic E-state index is 12.4. The summed E-state index contributed by atoms with van der Waals surface area (Å²) in [6.45, 7) is 2.00. The number of para-hydroxylation sites is 1. The molecular weight excluding hydrogens is 388 g/mol. The number of carbonyl (C=O) groups is 1. The first-order valence-corrected chi connectivity index (χ1v) is 10.00. The number of nitrogens with zero attached hydrogens (tertiary/aromatic N) is 2. The quantitative estimate of drug-likeness (QED) is 0.638. The molecule has 1 heterocycles. The van der Waals surface area contributed by atoms with Gasteiger partial charge in [0.15, 0.2) is 0 Å². The first kappa shape index (κ1) is 18.7. The van der Waals surface area contributed by atoms with Crippen LogP contribution in [0.25, 0.3) is 0 Å². The van der Waals surface area contributed by atoms with Gasteiger partial charge in [0.05, 0.1) is 5.69 Å². The second-order valence-corrected chi connectivity index (χ2v) is 8.03. The highest BCUT2D eigenvalue weighted by molar-refractivity contribution is 7.99. The number of aryl methyl sites for hydroxylation is 1. The van der Waals surface area contributed by atoms with Crippen LogP contribution in [0.5, 0.6) is 0 Å². The summed E-state index contributed by atoms with van der Waals surface area (Å²) >= 11 is 8.77. The first-order valence-electron chi connectivity index (χ1n) is 7.99. The molecule has 134 valence electrons. The van der Waals surface area contributed by atoms with Gasteiger partial charge in [-0.25, -0.2) is 4.68 Å². The number of aromatic nitrogens is 2. The number of anilines is 1. The van der Waals surface area contributed by atoms with Gasteiger partial charge in [-0.2, -0.15) is 5.10 Å². The largest absolute Gasteiger partial charge is 0.323 e. The number of benzene rings is 2. The molecule has 5 nitrogen and oxygen atoms in total. The van der Waals surface area contributed by atoms with Gasteiger partial charge in [0, 0.05) is 14.8 Å². The number of halogens is 1. The second kappa shape index (κ2) is 8.53. The number of hydrogen-bond donors (Lipinski definition) is 2.